The molecule has 2 unspecified atom stereocenters. The molecule has 156 valence electrons. The van der Waals surface area contributed by atoms with Gasteiger partial charge in [0.25, 0.3) is 0 Å². The maximum atomic E-state index is 6.03. The third kappa shape index (κ3) is 3.54. The molecule has 28 heavy (non-hydrogen) atoms. The highest BCUT2D eigenvalue weighted by Crippen LogP contribution is 2.67. The van der Waals surface area contributed by atoms with Gasteiger partial charge in [0.1, 0.15) is 0 Å². The molecule has 0 aliphatic heterocycles. The Morgan fingerprint density at radius 1 is 1.25 bits per heavy atom. The summed E-state index contributed by atoms with van der Waals surface area (Å²) in [6.45, 7) is 8.36. The van der Waals surface area contributed by atoms with Gasteiger partial charge in [-0.3, -0.25) is 0 Å². The summed E-state index contributed by atoms with van der Waals surface area (Å²) in [5, 5.41) is 0. The molecule has 4 aliphatic rings. The van der Waals surface area contributed by atoms with E-state index < -0.39 is 0 Å². The van der Waals surface area contributed by atoms with Crippen LogP contribution in [-0.2, 0) is 4.52 Å². The maximum absolute atomic E-state index is 6.03. The van der Waals surface area contributed by atoms with E-state index in [9.17, 15) is 0 Å². The van der Waals surface area contributed by atoms with Crippen molar-refractivity contribution in [2.75, 3.05) is 0 Å². The summed E-state index contributed by atoms with van der Waals surface area (Å²) in [6, 6.07) is 0. The summed E-state index contributed by atoms with van der Waals surface area (Å²) < 4.78 is 6.03. The number of fused-ring (bicyclic) bond motifs is 5. The van der Waals surface area contributed by atoms with Crippen molar-refractivity contribution in [2.24, 2.45) is 40.4 Å². The molecule has 0 aromatic carbocycles. The lowest BCUT2D eigenvalue weighted by Gasteiger charge is -2.58. The Labute approximate surface area is 188 Å². The molecule has 0 bridgehead atoms. The van der Waals surface area contributed by atoms with Crippen molar-refractivity contribution in [3.63, 3.8) is 0 Å². The van der Waals surface area contributed by atoms with E-state index >= 15 is 0 Å². The first-order chi connectivity index (χ1) is 13.4. The minimum atomic E-state index is 0.450. The number of halogens is 1. The van der Waals surface area contributed by atoms with Crippen LogP contribution in [0.2, 0.25) is 0 Å². The molecule has 3 saturated carbocycles. The third-order valence-corrected chi connectivity index (χ3v) is 11.0. The molecule has 4 rings (SSSR count). The molecule has 3 fully saturated rings. The Kier molecular flexibility index (Phi) is 6.58. The van der Waals surface area contributed by atoms with Gasteiger partial charge in [-0.1, -0.05) is 32.4 Å². The zero-order valence-corrected chi connectivity index (χ0v) is 21.1. The molecule has 0 aromatic rings. The Bertz CT molecular complexity index is 653. The van der Waals surface area contributed by atoms with E-state index in [4.69, 9.17) is 10.9 Å². The number of allylic oxidation sites excluding steroid dienone is 1. The van der Waals surface area contributed by atoms with E-state index in [1.54, 1.807) is 5.57 Å². The second-order valence-corrected chi connectivity index (χ2v) is 12.5. The van der Waals surface area contributed by atoms with Crippen LogP contribution in [0.4, 0.5) is 0 Å². The summed E-state index contributed by atoms with van der Waals surface area (Å²) in [4.78, 5) is 0. The highest BCUT2D eigenvalue weighted by atomic mass is 127. The Balaban J connectivity index is 1.53. The predicted molar refractivity (Wildman–Crippen MR) is 130 cm³/mol. The van der Waals surface area contributed by atoms with Gasteiger partial charge in [-0.25, -0.2) is 0 Å². The fourth-order valence-corrected chi connectivity index (χ4v) is 9.68. The van der Waals surface area contributed by atoms with Crippen molar-refractivity contribution in [3.8, 4) is 12.3 Å². The van der Waals surface area contributed by atoms with Crippen LogP contribution in [0, 0.1) is 52.8 Å². The minimum Gasteiger partial charge on any atom is -0.348 e. The van der Waals surface area contributed by atoms with Gasteiger partial charge >= 0.3 is 0 Å². The molecule has 0 aromatic heterocycles. The minimum absolute atomic E-state index is 0.450. The molecule has 9 atom stereocenters. The summed E-state index contributed by atoms with van der Waals surface area (Å²) in [5.74, 6) is 7.32. The van der Waals surface area contributed by atoms with E-state index in [1.807, 2.05) is 0 Å². The van der Waals surface area contributed by atoms with E-state index in [1.165, 1.54) is 57.8 Å². The van der Waals surface area contributed by atoms with Crippen molar-refractivity contribution in [2.45, 2.75) is 91.1 Å². The van der Waals surface area contributed by atoms with E-state index in [-0.39, 0.29) is 0 Å². The molecule has 1 nitrogen and oxygen atoms in total. The van der Waals surface area contributed by atoms with Crippen LogP contribution in [-0.4, -0.2) is 6.10 Å². The second-order valence-electron chi connectivity index (χ2n) is 10.8. The zero-order valence-electron chi connectivity index (χ0n) is 18.0. The first-order valence-corrected chi connectivity index (χ1v) is 15.6. The van der Waals surface area contributed by atoms with Crippen molar-refractivity contribution in [3.05, 3.63) is 11.6 Å². The monoisotopic (exact) mass is 512 g/mol. The molecule has 4 aliphatic carbocycles. The topological polar surface area (TPSA) is 9.23 Å². The highest BCUT2D eigenvalue weighted by molar-refractivity contribution is 14.2. The van der Waals surface area contributed by atoms with E-state index in [0.717, 1.165) is 36.0 Å². The van der Waals surface area contributed by atoms with Gasteiger partial charge in [-0.15, -0.1) is 12.3 Å². The van der Waals surface area contributed by atoms with Gasteiger partial charge < -0.3 is 4.52 Å². The molecule has 0 amide bonds. The van der Waals surface area contributed by atoms with Crippen molar-refractivity contribution in [1.29, 1.82) is 0 Å². The smallest absolute Gasteiger partial charge is 0.0797 e. The lowest BCUT2D eigenvalue weighted by molar-refractivity contribution is -0.0550. The maximum Gasteiger partial charge on any atom is 0.0797 e. The van der Waals surface area contributed by atoms with Gasteiger partial charge in [0.15, 0.2) is 0 Å². The van der Waals surface area contributed by atoms with Crippen molar-refractivity contribution < 1.29 is 4.52 Å². The van der Waals surface area contributed by atoms with Gasteiger partial charge in [0, 0.05) is 6.42 Å². The molecule has 0 spiro atoms. The lowest BCUT2D eigenvalue weighted by Crippen LogP contribution is -2.50. The standard InChI is InChI=1S/C25H38IOP/c1-5-6-7-17(2)21-10-11-22-20-9-8-18-16-19(27-28-26)12-14-24(18,3)23(20)13-15-25(21,22)4/h1,8,17,19-23,28H,6-7,9-16H2,2-4H3/t17-,19+,20+,21?,22+,23+,24+,25-/m1/s1. The number of hydrogen-bond donors (Lipinski definition) is 0. The molecular formula is C25H38IOP. The highest BCUT2D eigenvalue weighted by Gasteiger charge is 2.59. The van der Waals surface area contributed by atoms with Gasteiger partial charge in [-0.2, -0.15) is 0 Å². The Morgan fingerprint density at radius 3 is 2.82 bits per heavy atom. The molecular weight excluding hydrogens is 474 g/mol. The lowest BCUT2D eigenvalue weighted by atomic mass is 9.47. The first-order valence-electron chi connectivity index (χ1n) is 11.6. The average molecular weight is 512 g/mol. The van der Waals surface area contributed by atoms with Crippen molar-refractivity contribution in [1.82, 2.24) is 0 Å². The van der Waals surface area contributed by atoms with Crippen LogP contribution in [0.1, 0.15) is 85.0 Å². The van der Waals surface area contributed by atoms with Crippen LogP contribution in [0.25, 0.3) is 0 Å². The summed E-state index contributed by atoms with van der Waals surface area (Å²) in [6.07, 6.45) is 21.8. The molecule has 0 radical (unpaired) electrons. The zero-order chi connectivity index (χ0) is 19.9. The van der Waals surface area contributed by atoms with Crippen LogP contribution >= 0.6 is 28.5 Å². The van der Waals surface area contributed by atoms with Crippen LogP contribution in [0.15, 0.2) is 11.6 Å². The molecule has 0 N–H and O–H groups in total. The summed E-state index contributed by atoms with van der Waals surface area (Å²) >= 11 is 2.38. The van der Waals surface area contributed by atoms with E-state index in [0.29, 0.717) is 23.4 Å². The number of terminal acetylenes is 1. The van der Waals surface area contributed by atoms with Gasteiger partial charge in [0.05, 0.1) is 12.6 Å². The largest absolute Gasteiger partial charge is 0.348 e. The molecule has 3 heteroatoms. The van der Waals surface area contributed by atoms with Gasteiger partial charge in [0.2, 0.25) is 0 Å². The normalized spacial score (nSPS) is 46.4. The van der Waals surface area contributed by atoms with Crippen LogP contribution in [0.5, 0.6) is 0 Å². The number of hydrogen-bond acceptors (Lipinski definition) is 1. The fourth-order valence-electron chi connectivity index (χ4n) is 8.28. The number of rotatable bonds is 5. The summed E-state index contributed by atoms with van der Waals surface area (Å²) in [5.41, 5.74) is 2.76. The average Bonchev–Trinajstić information content (AvgIpc) is 3.04. The molecule has 0 saturated heterocycles. The SMILES string of the molecule is C#CCC[C@@H](C)C1CC[C@H]2[C@@H]3CC=C4C[C@@H](OPI)CC[C@]4(C)[C@H]3CC[C@]12C. The molecule has 0 heterocycles. The Hall–Kier alpha value is 0.420. The fraction of sp³-hybridized carbons (Fsp3) is 0.840. The van der Waals surface area contributed by atoms with Crippen LogP contribution in [0.3, 0.4) is 0 Å². The quantitative estimate of drug-likeness (QED) is 0.157. The second kappa shape index (κ2) is 8.51. The van der Waals surface area contributed by atoms with E-state index in [2.05, 4.69) is 54.8 Å². The predicted octanol–water partition coefficient (Wildman–Crippen LogP) is 7.94. The first kappa shape index (κ1) is 21.6. The summed E-state index contributed by atoms with van der Waals surface area (Å²) in [7, 11) is 0. The van der Waals surface area contributed by atoms with Gasteiger partial charge in [-0.05, 0) is 120 Å². The third-order valence-electron chi connectivity index (χ3n) is 9.77. The van der Waals surface area contributed by atoms with Crippen molar-refractivity contribution >= 4 is 28.5 Å². The van der Waals surface area contributed by atoms with Crippen LogP contribution < -0.4 is 0 Å². The Morgan fingerprint density at radius 2 is 2.07 bits per heavy atom.